The zero-order chi connectivity index (χ0) is 13.7. The zero-order valence-corrected chi connectivity index (χ0v) is 10.8. The maximum atomic E-state index is 13.3. The molecule has 102 valence electrons. The number of sulfonamides is 1. The van der Waals surface area contributed by atoms with Gasteiger partial charge in [0.1, 0.15) is 0 Å². The fraction of sp³-hybridized carbons (Fsp3) is 0.273. The van der Waals surface area contributed by atoms with E-state index in [0.717, 1.165) is 6.07 Å². The van der Waals surface area contributed by atoms with Crippen LogP contribution in [0.15, 0.2) is 42.1 Å². The molecule has 2 heterocycles. The normalized spacial score (nSPS) is 11.6. The second kappa shape index (κ2) is 5.89. The maximum absolute atomic E-state index is 13.3. The van der Waals surface area contributed by atoms with Crippen LogP contribution in [0.5, 0.6) is 0 Å². The number of pyridine rings is 1. The molecule has 0 aliphatic rings. The topological polar surface area (TPSA) is 76.9 Å². The molecule has 0 unspecified atom stereocenters. The predicted molar refractivity (Wildman–Crippen MR) is 66.2 cm³/mol. The summed E-state index contributed by atoms with van der Waals surface area (Å²) in [6.07, 6.45) is 6.89. The highest BCUT2D eigenvalue weighted by Crippen LogP contribution is 2.09. The number of nitrogens with one attached hydrogen (secondary N) is 1. The van der Waals surface area contributed by atoms with Gasteiger partial charge in [0.25, 0.3) is 10.0 Å². The van der Waals surface area contributed by atoms with Gasteiger partial charge in [-0.25, -0.2) is 27.5 Å². The molecule has 0 aliphatic carbocycles. The molecule has 2 aromatic rings. The van der Waals surface area contributed by atoms with Crippen LogP contribution < -0.4 is 4.72 Å². The minimum absolute atomic E-state index is 0.205. The van der Waals surface area contributed by atoms with Gasteiger partial charge in [-0.15, -0.1) is 0 Å². The van der Waals surface area contributed by atoms with Crippen molar-refractivity contribution >= 4 is 10.0 Å². The molecule has 0 fully saturated rings. The van der Waals surface area contributed by atoms with E-state index in [0.29, 0.717) is 13.0 Å². The monoisotopic (exact) mass is 284 g/mol. The van der Waals surface area contributed by atoms with Crippen LogP contribution in [-0.4, -0.2) is 29.5 Å². The molecule has 0 amide bonds. The summed E-state index contributed by atoms with van der Waals surface area (Å²) in [4.78, 5) is 7.41. The van der Waals surface area contributed by atoms with Gasteiger partial charge < -0.3 is 4.57 Å². The smallest absolute Gasteiger partial charge is 0.261 e. The third kappa shape index (κ3) is 3.58. The lowest BCUT2D eigenvalue weighted by atomic mass is 10.4. The van der Waals surface area contributed by atoms with Gasteiger partial charge in [-0.2, -0.15) is 0 Å². The third-order valence-electron chi connectivity index (χ3n) is 2.42. The second-order valence-corrected chi connectivity index (χ2v) is 5.52. The molecule has 0 radical (unpaired) electrons. The summed E-state index contributed by atoms with van der Waals surface area (Å²) in [6.45, 7) is 0.837. The van der Waals surface area contributed by atoms with Crippen LogP contribution in [0.1, 0.15) is 6.42 Å². The number of aryl methyl sites for hydroxylation is 1. The number of nitrogens with zero attached hydrogens (tertiary/aromatic N) is 3. The van der Waals surface area contributed by atoms with Gasteiger partial charge in [0.05, 0.1) is 6.33 Å². The fourth-order valence-corrected chi connectivity index (χ4v) is 2.60. The van der Waals surface area contributed by atoms with Gasteiger partial charge in [0.15, 0.2) is 5.82 Å². The zero-order valence-electron chi connectivity index (χ0n) is 10.0. The van der Waals surface area contributed by atoms with Gasteiger partial charge in [0, 0.05) is 31.7 Å². The maximum Gasteiger partial charge on any atom is 0.261 e. The van der Waals surface area contributed by atoms with Crippen LogP contribution in [0.25, 0.3) is 0 Å². The average Bonchev–Trinajstić information content (AvgIpc) is 2.88. The first kappa shape index (κ1) is 13.6. The van der Waals surface area contributed by atoms with Crippen molar-refractivity contribution in [1.82, 2.24) is 19.3 Å². The summed E-state index contributed by atoms with van der Waals surface area (Å²) in [5.74, 6) is -0.857. The summed E-state index contributed by atoms with van der Waals surface area (Å²) < 4.78 is 41.0. The molecule has 0 aliphatic heterocycles. The Bertz CT molecular complexity index is 628. The van der Waals surface area contributed by atoms with Crippen molar-refractivity contribution in [2.24, 2.45) is 0 Å². The molecular formula is C11H13FN4O2S. The molecular weight excluding hydrogens is 271 g/mol. The minimum atomic E-state index is -3.89. The van der Waals surface area contributed by atoms with Gasteiger partial charge in [-0.3, -0.25) is 0 Å². The first-order valence-electron chi connectivity index (χ1n) is 5.65. The van der Waals surface area contributed by atoms with Crippen LogP contribution >= 0.6 is 0 Å². The molecule has 8 heteroatoms. The summed E-state index contributed by atoms with van der Waals surface area (Å²) in [7, 11) is -3.89. The highest BCUT2D eigenvalue weighted by molar-refractivity contribution is 7.89. The SMILES string of the molecule is O=S(=O)(NCCCn1ccnc1)c1ncccc1F. The average molecular weight is 284 g/mol. The third-order valence-corrected chi connectivity index (χ3v) is 3.82. The van der Waals surface area contributed by atoms with E-state index in [-0.39, 0.29) is 6.54 Å². The Morgan fingerprint density at radius 3 is 2.89 bits per heavy atom. The number of hydrogen-bond donors (Lipinski definition) is 1. The summed E-state index contributed by atoms with van der Waals surface area (Å²) in [5.41, 5.74) is 0. The van der Waals surface area contributed by atoms with E-state index in [1.165, 1.54) is 12.3 Å². The van der Waals surface area contributed by atoms with Crippen LogP contribution in [0, 0.1) is 5.82 Å². The molecule has 2 rings (SSSR count). The van der Waals surface area contributed by atoms with E-state index in [1.807, 2.05) is 4.57 Å². The van der Waals surface area contributed by atoms with Gasteiger partial charge in [-0.1, -0.05) is 0 Å². The first-order valence-corrected chi connectivity index (χ1v) is 7.14. The molecule has 0 bridgehead atoms. The lowest BCUT2D eigenvalue weighted by molar-refractivity contribution is 0.539. The molecule has 19 heavy (non-hydrogen) atoms. The molecule has 0 spiro atoms. The van der Waals surface area contributed by atoms with Crippen LogP contribution in [0.3, 0.4) is 0 Å². The highest BCUT2D eigenvalue weighted by atomic mass is 32.2. The van der Waals surface area contributed by atoms with Crippen molar-refractivity contribution in [1.29, 1.82) is 0 Å². The van der Waals surface area contributed by atoms with Crippen LogP contribution in [0.4, 0.5) is 4.39 Å². The second-order valence-electron chi connectivity index (χ2n) is 3.84. The summed E-state index contributed by atoms with van der Waals surface area (Å²) in [5, 5.41) is -0.572. The van der Waals surface area contributed by atoms with Crippen molar-refractivity contribution in [3.63, 3.8) is 0 Å². The quantitative estimate of drug-likeness (QED) is 0.795. The number of hydrogen-bond acceptors (Lipinski definition) is 4. The number of rotatable bonds is 6. The van der Waals surface area contributed by atoms with E-state index >= 15 is 0 Å². The Morgan fingerprint density at radius 2 is 2.21 bits per heavy atom. The molecule has 0 aromatic carbocycles. The first-order chi connectivity index (χ1) is 9.09. The molecule has 0 saturated carbocycles. The largest absolute Gasteiger partial charge is 0.337 e. The van der Waals surface area contributed by atoms with E-state index in [2.05, 4.69) is 14.7 Å². The predicted octanol–water partition coefficient (Wildman–Crippen LogP) is 0.786. The Labute approximate surface area is 110 Å². The number of aromatic nitrogens is 3. The Hall–Kier alpha value is -1.80. The number of halogens is 1. The molecule has 0 saturated heterocycles. The van der Waals surface area contributed by atoms with Crippen molar-refractivity contribution in [3.8, 4) is 0 Å². The molecule has 6 nitrogen and oxygen atoms in total. The van der Waals surface area contributed by atoms with E-state index < -0.39 is 20.9 Å². The fourth-order valence-electron chi connectivity index (χ4n) is 1.52. The van der Waals surface area contributed by atoms with E-state index in [9.17, 15) is 12.8 Å². The Morgan fingerprint density at radius 1 is 1.37 bits per heavy atom. The molecule has 2 aromatic heterocycles. The van der Waals surface area contributed by atoms with Crippen molar-refractivity contribution in [2.45, 2.75) is 18.0 Å². The van der Waals surface area contributed by atoms with Crippen molar-refractivity contribution in [3.05, 3.63) is 42.9 Å². The molecule has 1 N–H and O–H groups in total. The van der Waals surface area contributed by atoms with Gasteiger partial charge in [0.2, 0.25) is 5.03 Å². The van der Waals surface area contributed by atoms with Gasteiger partial charge in [-0.05, 0) is 18.6 Å². The van der Waals surface area contributed by atoms with E-state index in [1.54, 1.807) is 18.7 Å². The van der Waals surface area contributed by atoms with E-state index in [4.69, 9.17) is 0 Å². The highest BCUT2D eigenvalue weighted by Gasteiger charge is 2.19. The lowest BCUT2D eigenvalue weighted by Gasteiger charge is -2.06. The van der Waals surface area contributed by atoms with Crippen LogP contribution in [0.2, 0.25) is 0 Å². The number of imidazole rings is 1. The van der Waals surface area contributed by atoms with Crippen molar-refractivity contribution in [2.75, 3.05) is 6.54 Å². The van der Waals surface area contributed by atoms with Gasteiger partial charge >= 0.3 is 0 Å². The van der Waals surface area contributed by atoms with Crippen LogP contribution in [-0.2, 0) is 16.6 Å². The lowest BCUT2D eigenvalue weighted by Crippen LogP contribution is -2.27. The standard InChI is InChI=1S/C11H13FN4O2S/c12-10-3-1-4-14-11(10)19(17,18)15-5-2-7-16-8-6-13-9-16/h1,3-4,6,8-9,15H,2,5,7H2. The Kier molecular flexibility index (Phi) is 4.23. The van der Waals surface area contributed by atoms with Crippen molar-refractivity contribution < 1.29 is 12.8 Å². The summed E-state index contributed by atoms with van der Waals surface area (Å²) >= 11 is 0. The summed E-state index contributed by atoms with van der Waals surface area (Å²) in [6, 6.07) is 2.40. The Balaban J connectivity index is 1.90. The molecule has 0 atom stereocenters. The minimum Gasteiger partial charge on any atom is -0.337 e.